The molecule has 0 bridgehead atoms. The number of aromatic nitrogens is 3. The Bertz CT molecular complexity index is 1200. The third-order valence-corrected chi connectivity index (χ3v) is 5.45. The van der Waals surface area contributed by atoms with Gasteiger partial charge in [-0.05, 0) is 44.2 Å². The molecule has 4 aromatic rings. The molecule has 0 spiro atoms. The van der Waals surface area contributed by atoms with Gasteiger partial charge >= 0.3 is 0 Å². The van der Waals surface area contributed by atoms with Gasteiger partial charge in [0, 0.05) is 0 Å². The number of hydrogen-bond acceptors (Lipinski definition) is 7. The monoisotopic (exact) mass is 435 g/mol. The van der Waals surface area contributed by atoms with E-state index in [0.29, 0.717) is 33.9 Å². The third kappa shape index (κ3) is 4.72. The zero-order valence-electron chi connectivity index (χ0n) is 17.0. The number of nitrogens with one attached hydrogen (secondary N) is 1. The van der Waals surface area contributed by atoms with Crippen LogP contribution >= 0.6 is 11.8 Å². The topological polar surface area (TPSA) is 108 Å². The quantitative estimate of drug-likeness (QED) is 0.327. The number of nitrogens with zero attached hydrogens (tertiary/aromatic N) is 3. The lowest BCUT2D eigenvalue weighted by atomic mass is 10.2. The van der Waals surface area contributed by atoms with Crippen LogP contribution in [-0.4, -0.2) is 26.5 Å². The van der Waals surface area contributed by atoms with Crippen LogP contribution in [0.4, 0.5) is 5.69 Å². The van der Waals surface area contributed by atoms with Crippen LogP contribution in [0.25, 0.3) is 11.4 Å². The molecule has 0 aliphatic rings. The van der Waals surface area contributed by atoms with Crippen molar-refractivity contribution in [2.45, 2.75) is 19.0 Å². The second kappa shape index (κ2) is 8.97. The number of rotatable bonds is 7. The normalized spacial score (nSPS) is 10.8. The second-order valence-electron chi connectivity index (χ2n) is 6.81. The van der Waals surface area contributed by atoms with Crippen LogP contribution in [0, 0.1) is 13.8 Å². The van der Waals surface area contributed by atoms with Crippen LogP contribution in [0.2, 0.25) is 0 Å². The predicted molar refractivity (Wildman–Crippen MR) is 120 cm³/mol. The summed E-state index contributed by atoms with van der Waals surface area (Å²) >= 11 is 1.19. The molecule has 0 unspecified atom stereocenters. The number of furan rings is 1. The molecule has 0 fully saturated rings. The molecule has 1 amide bonds. The van der Waals surface area contributed by atoms with Crippen molar-refractivity contribution < 1.29 is 13.9 Å². The van der Waals surface area contributed by atoms with E-state index in [2.05, 4.69) is 15.5 Å². The summed E-state index contributed by atoms with van der Waals surface area (Å²) in [5.41, 5.74) is 2.48. The molecule has 2 aromatic heterocycles. The molecule has 0 saturated carbocycles. The Morgan fingerprint density at radius 1 is 1.13 bits per heavy atom. The van der Waals surface area contributed by atoms with Gasteiger partial charge in [-0.3, -0.25) is 4.79 Å². The van der Waals surface area contributed by atoms with Gasteiger partial charge in [-0.25, -0.2) is 4.68 Å². The molecule has 2 aromatic carbocycles. The number of carbonyl (C=O) groups excluding carboxylic acids is 1. The minimum Gasteiger partial charge on any atom is -0.469 e. The molecule has 0 radical (unpaired) electrons. The van der Waals surface area contributed by atoms with Crippen molar-refractivity contribution >= 4 is 23.4 Å². The first-order chi connectivity index (χ1) is 15.0. The Labute approximate surface area is 183 Å². The predicted octanol–water partition coefficient (Wildman–Crippen LogP) is 4.39. The van der Waals surface area contributed by atoms with Gasteiger partial charge in [-0.2, -0.15) is 0 Å². The standard InChI is InChI=1S/C22H21N5O3S/c1-14-7-9-16(10-8-14)30-19-6-4-3-5-18(19)24-20(28)13-31-22-26-25-21(27(22)23)17-11-12-29-15(17)2/h3-12H,13,23H2,1-2H3,(H,24,28). The lowest BCUT2D eigenvalue weighted by Gasteiger charge is -2.12. The number of nitrogen functional groups attached to an aromatic ring is 1. The Kier molecular flexibility index (Phi) is 5.94. The molecule has 2 heterocycles. The highest BCUT2D eigenvalue weighted by Crippen LogP contribution is 2.30. The maximum atomic E-state index is 12.5. The van der Waals surface area contributed by atoms with E-state index < -0.39 is 0 Å². The molecule has 0 aliphatic heterocycles. The lowest BCUT2D eigenvalue weighted by molar-refractivity contribution is -0.113. The van der Waals surface area contributed by atoms with Crippen molar-refractivity contribution in [2.24, 2.45) is 0 Å². The number of hydrogen-bond donors (Lipinski definition) is 2. The molecule has 3 N–H and O–H groups in total. The summed E-state index contributed by atoms with van der Waals surface area (Å²) in [5, 5.41) is 11.5. The Morgan fingerprint density at radius 2 is 1.90 bits per heavy atom. The maximum absolute atomic E-state index is 12.5. The van der Waals surface area contributed by atoms with Crippen LogP contribution in [-0.2, 0) is 4.79 Å². The summed E-state index contributed by atoms with van der Waals surface area (Å²) in [4.78, 5) is 12.5. The number of carbonyl (C=O) groups is 1. The van der Waals surface area contributed by atoms with E-state index >= 15 is 0 Å². The number of amides is 1. The van der Waals surface area contributed by atoms with E-state index in [9.17, 15) is 4.79 Å². The van der Waals surface area contributed by atoms with Crippen LogP contribution in [0.5, 0.6) is 11.5 Å². The van der Waals surface area contributed by atoms with Crippen LogP contribution in [0.3, 0.4) is 0 Å². The molecular formula is C22H21N5O3S. The van der Waals surface area contributed by atoms with Gasteiger partial charge in [0.15, 0.2) is 11.6 Å². The fraction of sp³-hybridized carbons (Fsp3) is 0.136. The Balaban J connectivity index is 1.40. The van der Waals surface area contributed by atoms with E-state index in [1.54, 1.807) is 24.5 Å². The lowest BCUT2D eigenvalue weighted by Crippen LogP contribution is -2.16. The van der Waals surface area contributed by atoms with Crippen molar-refractivity contribution in [1.29, 1.82) is 0 Å². The van der Waals surface area contributed by atoms with Crippen molar-refractivity contribution in [1.82, 2.24) is 14.9 Å². The number of ether oxygens (including phenoxy) is 1. The minimum atomic E-state index is -0.214. The van der Waals surface area contributed by atoms with Gasteiger partial charge in [-0.15, -0.1) is 10.2 Å². The zero-order valence-corrected chi connectivity index (χ0v) is 17.8. The summed E-state index contributed by atoms with van der Waals surface area (Å²) in [7, 11) is 0. The van der Waals surface area contributed by atoms with E-state index in [-0.39, 0.29) is 11.7 Å². The molecule has 0 saturated heterocycles. The Morgan fingerprint density at radius 3 is 2.65 bits per heavy atom. The molecule has 8 nitrogen and oxygen atoms in total. The number of thioether (sulfide) groups is 1. The van der Waals surface area contributed by atoms with E-state index in [4.69, 9.17) is 15.0 Å². The average Bonchev–Trinajstić information content (AvgIpc) is 3.34. The Hall–Kier alpha value is -3.72. The van der Waals surface area contributed by atoms with Crippen LogP contribution in [0.1, 0.15) is 11.3 Å². The summed E-state index contributed by atoms with van der Waals surface area (Å²) in [5.74, 6) is 8.42. The molecule has 0 aliphatic carbocycles. The number of nitrogens with two attached hydrogens (primary N) is 1. The van der Waals surface area contributed by atoms with Crippen molar-refractivity contribution in [3.63, 3.8) is 0 Å². The van der Waals surface area contributed by atoms with Crippen LogP contribution < -0.4 is 15.9 Å². The van der Waals surface area contributed by atoms with Gasteiger partial charge in [0.2, 0.25) is 11.1 Å². The van der Waals surface area contributed by atoms with E-state index in [1.807, 2.05) is 50.2 Å². The number of anilines is 1. The summed E-state index contributed by atoms with van der Waals surface area (Å²) in [6, 6.07) is 16.8. The minimum absolute atomic E-state index is 0.110. The number of para-hydroxylation sites is 2. The first kappa shape index (κ1) is 20.5. The maximum Gasteiger partial charge on any atom is 0.234 e. The first-order valence-corrected chi connectivity index (χ1v) is 10.5. The molecule has 9 heteroatoms. The van der Waals surface area contributed by atoms with Crippen molar-refractivity contribution in [3.05, 3.63) is 72.2 Å². The van der Waals surface area contributed by atoms with E-state index in [0.717, 1.165) is 11.1 Å². The summed E-state index contributed by atoms with van der Waals surface area (Å²) in [6.07, 6.45) is 1.57. The van der Waals surface area contributed by atoms with Gasteiger partial charge < -0.3 is 20.3 Å². The highest BCUT2D eigenvalue weighted by atomic mass is 32.2. The third-order valence-electron chi connectivity index (χ3n) is 4.51. The number of aryl methyl sites for hydroxylation is 2. The molecular weight excluding hydrogens is 414 g/mol. The van der Waals surface area contributed by atoms with Crippen molar-refractivity contribution in [2.75, 3.05) is 16.9 Å². The van der Waals surface area contributed by atoms with Gasteiger partial charge in [0.05, 0.1) is 23.3 Å². The number of benzene rings is 2. The highest BCUT2D eigenvalue weighted by Gasteiger charge is 2.17. The van der Waals surface area contributed by atoms with Crippen molar-refractivity contribution in [3.8, 4) is 22.9 Å². The molecule has 4 rings (SSSR count). The smallest absolute Gasteiger partial charge is 0.234 e. The molecule has 31 heavy (non-hydrogen) atoms. The van der Waals surface area contributed by atoms with Gasteiger partial charge in [0.1, 0.15) is 11.5 Å². The summed E-state index contributed by atoms with van der Waals surface area (Å²) < 4.78 is 12.6. The highest BCUT2D eigenvalue weighted by molar-refractivity contribution is 7.99. The van der Waals surface area contributed by atoms with E-state index in [1.165, 1.54) is 16.4 Å². The summed E-state index contributed by atoms with van der Waals surface area (Å²) in [6.45, 7) is 3.83. The van der Waals surface area contributed by atoms with Crippen LogP contribution in [0.15, 0.2) is 70.4 Å². The fourth-order valence-electron chi connectivity index (χ4n) is 2.88. The zero-order chi connectivity index (χ0) is 21.8. The molecule has 0 atom stereocenters. The average molecular weight is 436 g/mol. The fourth-order valence-corrected chi connectivity index (χ4v) is 3.54. The second-order valence-corrected chi connectivity index (χ2v) is 7.76. The first-order valence-electron chi connectivity index (χ1n) is 9.52. The SMILES string of the molecule is Cc1ccc(Oc2ccccc2NC(=O)CSc2nnc(-c3ccoc3C)n2N)cc1. The largest absolute Gasteiger partial charge is 0.469 e. The molecule has 158 valence electrons. The van der Waals surface area contributed by atoms with Gasteiger partial charge in [-0.1, -0.05) is 41.6 Å². The van der Waals surface area contributed by atoms with Gasteiger partial charge in [0.25, 0.3) is 0 Å².